The van der Waals surface area contributed by atoms with E-state index in [-0.39, 0.29) is 30.9 Å². The standard InChI is InChI=1S/C21H18Cl2F5NO4S/c1-12-13-4-2-5-16(20(24,25)11-33-34(31,32)21(26,27)28)14(13)8-9-29(12)19(30)10-15-17(22)6-3-7-18(15)23/h2-7,12H,8-11H2,1H3/t12-/m0/s1. The Balaban J connectivity index is 1.84. The maximum absolute atomic E-state index is 14.8. The molecule has 0 radical (unpaired) electrons. The average Bonchev–Trinajstić information content (AvgIpc) is 2.74. The van der Waals surface area contributed by atoms with Gasteiger partial charge in [0, 0.05) is 22.2 Å². The Kier molecular flexibility index (Phi) is 7.52. The second-order valence-electron chi connectivity index (χ2n) is 7.63. The molecule has 186 valence electrons. The van der Waals surface area contributed by atoms with Gasteiger partial charge in [0.25, 0.3) is 5.92 Å². The number of fused-ring (bicyclic) bond motifs is 1. The van der Waals surface area contributed by atoms with Crippen molar-refractivity contribution in [1.29, 1.82) is 0 Å². The summed E-state index contributed by atoms with van der Waals surface area (Å²) in [5.74, 6) is -4.37. The van der Waals surface area contributed by atoms with E-state index in [1.165, 1.54) is 17.0 Å². The Hall–Kier alpha value is -1.95. The predicted molar refractivity (Wildman–Crippen MR) is 115 cm³/mol. The van der Waals surface area contributed by atoms with Gasteiger partial charge in [-0.2, -0.15) is 30.4 Å². The van der Waals surface area contributed by atoms with E-state index in [9.17, 15) is 35.2 Å². The number of hydrogen-bond acceptors (Lipinski definition) is 4. The number of amides is 1. The molecule has 2 aromatic rings. The summed E-state index contributed by atoms with van der Waals surface area (Å²) in [7, 11) is -6.18. The number of hydrogen-bond donors (Lipinski definition) is 0. The molecule has 5 nitrogen and oxygen atoms in total. The third-order valence-corrected chi connectivity index (χ3v) is 7.22. The smallest absolute Gasteiger partial charge is 0.335 e. The average molecular weight is 546 g/mol. The van der Waals surface area contributed by atoms with Gasteiger partial charge in [-0.15, -0.1) is 0 Å². The molecule has 0 N–H and O–H groups in total. The van der Waals surface area contributed by atoms with E-state index in [0.717, 1.165) is 6.07 Å². The Morgan fingerprint density at radius 3 is 2.26 bits per heavy atom. The zero-order chi connectivity index (χ0) is 25.5. The molecule has 13 heteroatoms. The van der Waals surface area contributed by atoms with E-state index in [4.69, 9.17) is 23.2 Å². The van der Waals surface area contributed by atoms with Crippen LogP contribution < -0.4 is 0 Å². The highest BCUT2D eigenvalue weighted by atomic mass is 35.5. The summed E-state index contributed by atoms with van der Waals surface area (Å²) >= 11 is 12.3. The van der Waals surface area contributed by atoms with Crippen LogP contribution in [0.2, 0.25) is 10.0 Å². The molecule has 1 atom stereocenters. The van der Waals surface area contributed by atoms with Crippen LogP contribution >= 0.6 is 23.2 Å². The lowest BCUT2D eigenvalue weighted by atomic mass is 9.87. The molecule has 0 aromatic heterocycles. The normalized spacial score (nSPS) is 16.9. The summed E-state index contributed by atoms with van der Waals surface area (Å²) in [4.78, 5) is 14.4. The third kappa shape index (κ3) is 5.32. The van der Waals surface area contributed by atoms with Crippen LogP contribution in [0, 0.1) is 0 Å². The monoisotopic (exact) mass is 545 g/mol. The second-order valence-corrected chi connectivity index (χ2v) is 10.1. The molecule has 0 bridgehead atoms. The van der Waals surface area contributed by atoms with Gasteiger partial charge < -0.3 is 4.90 Å². The maximum Gasteiger partial charge on any atom is 0.523 e. The van der Waals surface area contributed by atoms with Crippen molar-refractivity contribution in [2.24, 2.45) is 0 Å². The van der Waals surface area contributed by atoms with E-state index in [2.05, 4.69) is 4.18 Å². The van der Waals surface area contributed by atoms with Crippen molar-refractivity contribution in [2.75, 3.05) is 13.2 Å². The molecule has 0 aliphatic carbocycles. The van der Waals surface area contributed by atoms with Crippen LogP contribution in [0.1, 0.15) is 35.2 Å². The maximum atomic E-state index is 14.8. The molecular weight excluding hydrogens is 528 g/mol. The first-order valence-electron chi connectivity index (χ1n) is 9.84. The summed E-state index contributed by atoms with van der Waals surface area (Å²) in [5.41, 5.74) is -5.57. The Labute approximate surface area is 202 Å². The topological polar surface area (TPSA) is 63.7 Å². The van der Waals surface area contributed by atoms with Crippen molar-refractivity contribution < 1.29 is 39.3 Å². The van der Waals surface area contributed by atoms with Crippen LogP contribution in [0.5, 0.6) is 0 Å². The molecule has 1 heterocycles. The zero-order valence-corrected chi connectivity index (χ0v) is 19.8. The molecule has 3 rings (SSSR count). The fourth-order valence-corrected chi connectivity index (χ4v) is 4.77. The minimum absolute atomic E-state index is 0.0283. The summed E-state index contributed by atoms with van der Waals surface area (Å²) in [6, 6.07) is 7.93. The molecule has 2 aromatic carbocycles. The van der Waals surface area contributed by atoms with Crippen molar-refractivity contribution >= 4 is 39.2 Å². The highest BCUT2D eigenvalue weighted by Crippen LogP contribution is 2.40. The highest BCUT2D eigenvalue weighted by Gasteiger charge is 2.49. The first-order valence-corrected chi connectivity index (χ1v) is 12.0. The van der Waals surface area contributed by atoms with Gasteiger partial charge in [-0.3, -0.25) is 8.98 Å². The second kappa shape index (κ2) is 9.60. The molecule has 34 heavy (non-hydrogen) atoms. The van der Waals surface area contributed by atoms with Gasteiger partial charge in [-0.1, -0.05) is 47.5 Å². The number of alkyl halides is 5. The lowest BCUT2D eigenvalue weighted by Crippen LogP contribution is -2.41. The number of rotatable bonds is 6. The molecule has 0 spiro atoms. The van der Waals surface area contributed by atoms with Crippen molar-refractivity contribution in [1.82, 2.24) is 4.90 Å². The molecular formula is C21H18Cl2F5NO4S. The van der Waals surface area contributed by atoms with Crippen LogP contribution in [0.15, 0.2) is 36.4 Å². The van der Waals surface area contributed by atoms with Gasteiger partial charge in [-0.25, -0.2) is 0 Å². The number of benzene rings is 2. The zero-order valence-electron chi connectivity index (χ0n) is 17.5. The van der Waals surface area contributed by atoms with Crippen molar-refractivity contribution in [2.45, 2.75) is 37.2 Å². The largest absolute Gasteiger partial charge is 0.523 e. The molecule has 0 unspecified atom stereocenters. The summed E-state index contributed by atoms with van der Waals surface area (Å²) in [6.07, 6.45) is -0.142. The van der Waals surface area contributed by atoms with E-state index in [0.29, 0.717) is 21.2 Å². The summed E-state index contributed by atoms with van der Waals surface area (Å²) < 4.78 is 92.5. The van der Waals surface area contributed by atoms with Crippen molar-refractivity contribution in [3.05, 3.63) is 68.7 Å². The fraction of sp³-hybridized carbons (Fsp3) is 0.381. The van der Waals surface area contributed by atoms with Crippen molar-refractivity contribution in [3.8, 4) is 0 Å². The van der Waals surface area contributed by atoms with Gasteiger partial charge in [0.1, 0.15) is 6.61 Å². The number of nitrogens with zero attached hydrogens (tertiary/aromatic N) is 1. The minimum Gasteiger partial charge on any atom is -0.335 e. The Bertz CT molecular complexity index is 1180. The van der Waals surface area contributed by atoms with Gasteiger partial charge >= 0.3 is 15.6 Å². The predicted octanol–water partition coefficient (Wildman–Crippen LogP) is 5.64. The number of carbonyl (C=O) groups excluding carboxylic acids is 1. The van der Waals surface area contributed by atoms with E-state index in [1.807, 2.05) is 0 Å². The Morgan fingerprint density at radius 2 is 1.68 bits per heavy atom. The highest BCUT2D eigenvalue weighted by molar-refractivity contribution is 7.87. The van der Waals surface area contributed by atoms with Crippen LogP contribution in [0.4, 0.5) is 22.0 Å². The number of halogens is 7. The molecule has 1 aliphatic heterocycles. The minimum atomic E-state index is -6.18. The quantitative estimate of drug-likeness (QED) is 0.267. The summed E-state index contributed by atoms with van der Waals surface area (Å²) in [5, 5.41) is 0.614. The van der Waals surface area contributed by atoms with Crippen LogP contribution in [-0.2, 0) is 37.9 Å². The summed E-state index contributed by atoms with van der Waals surface area (Å²) in [6.45, 7) is -0.339. The van der Waals surface area contributed by atoms with Crippen LogP contribution in [0.3, 0.4) is 0 Å². The lowest BCUT2D eigenvalue weighted by molar-refractivity contribution is -0.133. The number of carbonyl (C=O) groups is 1. The van der Waals surface area contributed by atoms with Crippen LogP contribution in [0.25, 0.3) is 0 Å². The molecule has 1 aliphatic rings. The van der Waals surface area contributed by atoms with E-state index in [1.54, 1.807) is 25.1 Å². The van der Waals surface area contributed by atoms with Gasteiger partial charge in [-0.05, 0) is 42.2 Å². The van der Waals surface area contributed by atoms with Crippen molar-refractivity contribution in [3.63, 3.8) is 0 Å². The fourth-order valence-electron chi connectivity index (χ4n) is 3.80. The van der Waals surface area contributed by atoms with E-state index < -0.39 is 39.8 Å². The first kappa shape index (κ1) is 26.7. The first-order chi connectivity index (χ1) is 15.7. The molecule has 1 amide bonds. The van der Waals surface area contributed by atoms with E-state index >= 15 is 0 Å². The Morgan fingerprint density at radius 1 is 1.09 bits per heavy atom. The third-order valence-electron chi connectivity index (χ3n) is 5.52. The molecule has 0 saturated heterocycles. The van der Waals surface area contributed by atoms with Gasteiger partial charge in [0.05, 0.1) is 12.5 Å². The van der Waals surface area contributed by atoms with Gasteiger partial charge in [0.2, 0.25) is 5.91 Å². The van der Waals surface area contributed by atoms with Gasteiger partial charge in [0.15, 0.2) is 0 Å². The molecule has 0 saturated carbocycles. The van der Waals surface area contributed by atoms with Crippen LogP contribution in [-0.4, -0.2) is 37.9 Å². The molecule has 0 fully saturated rings. The SMILES string of the molecule is C[C@H]1c2cccc(C(F)(F)COS(=O)(=O)C(F)(F)F)c2CCN1C(=O)Cc1c(Cl)cccc1Cl. The lowest BCUT2D eigenvalue weighted by Gasteiger charge is -2.37.